The molecule has 4 aliphatic rings. The quantitative estimate of drug-likeness (QED) is 0.149. The van der Waals surface area contributed by atoms with Gasteiger partial charge >= 0.3 is 10.2 Å². The highest BCUT2D eigenvalue weighted by molar-refractivity contribution is 7.90. The van der Waals surface area contributed by atoms with Gasteiger partial charge in [0.2, 0.25) is 11.8 Å². The summed E-state index contributed by atoms with van der Waals surface area (Å²) in [7, 11) is -3.97. The Hall–Kier alpha value is -5.42. The molecule has 5 aromatic rings. The van der Waals surface area contributed by atoms with Gasteiger partial charge in [-0.15, -0.1) is 0 Å². The fourth-order valence-corrected chi connectivity index (χ4v) is 10.5. The molecule has 0 aliphatic carbocycles. The summed E-state index contributed by atoms with van der Waals surface area (Å²) < 4.78 is 47.8. The zero-order valence-corrected chi connectivity index (χ0v) is 35.3. The Morgan fingerprint density at radius 3 is 2.21 bits per heavy atom. The number of benzene rings is 2. The Labute approximate surface area is 359 Å². The number of hydrogen-bond acceptors (Lipinski definition) is 10. The smallest absolute Gasteiger partial charge is 0.301 e. The van der Waals surface area contributed by atoms with Crippen molar-refractivity contribution in [2.75, 3.05) is 73.4 Å². The van der Waals surface area contributed by atoms with Crippen molar-refractivity contribution >= 4 is 50.7 Å². The number of amides is 2. The first-order valence-electron chi connectivity index (χ1n) is 21.0. The van der Waals surface area contributed by atoms with E-state index in [9.17, 15) is 18.0 Å². The average Bonchev–Trinajstić information content (AvgIpc) is 3.99. The first kappa shape index (κ1) is 41.0. The van der Waals surface area contributed by atoms with Crippen LogP contribution in [-0.2, 0) is 19.8 Å². The van der Waals surface area contributed by atoms with Gasteiger partial charge in [-0.05, 0) is 92.1 Å². The minimum Gasteiger partial charge on any atom is -0.372 e. The molecule has 1 atom stereocenters. The summed E-state index contributed by atoms with van der Waals surface area (Å²) in [5.41, 5.74) is 4.59. The van der Waals surface area contributed by atoms with Gasteiger partial charge in [-0.3, -0.25) is 29.5 Å². The molecule has 61 heavy (non-hydrogen) atoms. The number of anilines is 3. The molecule has 17 heteroatoms. The molecule has 0 spiro atoms. The van der Waals surface area contributed by atoms with E-state index in [0.29, 0.717) is 54.5 Å². The Morgan fingerprint density at radius 1 is 0.820 bits per heavy atom. The molecular weight excluding hydrogens is 819 g/mol. The molecule has 4 saturated heterocycles. The predicted molar refractivity (Wildman–Crippen MR) is 234 cm³/mol. The molecule has 9 rings (SSSR count). The number of nitrogens with one attached hydrogen (secondary N) is 2. The zero-order valence-electron chi connectivity index (χ0n) is 33.7. The molecule has 0 bridgehead atoms. The van der Waals surface area contributed by atoms with E-state index in [4.69, 9.17) is 21.7 Å². The van der Waals surface area contributed by atoms with Crippen LogP contribution in [0.4, 0.5) is 21.5 Å². The van der Waals surface area contributed by atoms with Crippen LogP contribution in [0.3, 0.4) is 0 Å². The van der Waals surface area contributed by atoms with Crippen LogP contribution in [0.5, 0.6) is 0 Å². The molecule has 0 radical (unpaired) electrons. The van der Waals surface area contributed by atoms with Crippen LogP contribution >= 0.6 is 11.6 Å². The van der Waals surface area contributed by atoms with Crippen LogP contribution < -0.4 is 19.8 Å². The van der Waals surface area contributed by atoms with E-state index in [1.165, 1.54) is 22.1 Å². The van der Waals surface area contributed by atoms with Gasteiger partial charge in [-0.1, -0.05) is 23.7 Å². The number of piperidine rings is 2. The van der Waals surface area contributed by atoms with Gasteiger partial charge in [-0.2, -0.15) is 17.8 Å². The van der Waals surface area contributed by atoms with Gasteiger partial charge in [0, 0.05) is 111 Å². The lowest BCUT2D eigenvalue weighted by atomic mass is 9.90. The monoisotopic (exact) mass is 866 g/mol. The molecule has 2 amide bonds. The minimum absolute atomic E-state index is 0.100. The number of carbonyl (C=O) groups excluding carboxylic acids is 2. The van der Waals surface area contributed by atoms with Crippen LogP contribution in [0.2, 0.25) is 5.02 Å². The fourth-order valence-electron chi connectivity index (χ4n) is 8.96. The van der Waals surface area contributed by atoms with Gasteiger partial charge in [0.1, 0.15) is 5.69 Å². The summed E-state index contributed by atoms with van der Waals surface area (Å²) in [4.78, 5) is 40.1. The largest absolute Gasteiger partial charge is 0.372 e. The standard InChI is InChI=1S/C44H48ClFN10O4S/c45-33-25-37(42(46)39(26-33)51-61(59,60)55-17-1-2-18-55)38-29-56(50-43(38)32-11-15-47-16-12-32)40-9-7-35(27-48-40)54-23-21-52(22-24-54)28-30-13-19-53(20-14-30)34-5-3-31(4-6-34)36-8-10-41(57)49-44(36)58/h3-7,9,11-12,15-16,25-27,29-30,36,51H,1-2,8,10,13-14,17-24,28H2,(H,49,57,58)/t36-/m1/s1. The number of carbonyl (C=O) groups is 2. The van der Waals surface area contributed by atoms with E-state index < -0.39 is 16.0 Å². The Kier molecular flexibility index (Phi) is 11.8. The SMILES string of the molecule is O=C1CC[C@H](c2ccc(N3CCC(CN4CCN(c5ccc(-n6cc(-c7cc(Cl)cc(NS(=O)(=O)N8CCCC8)c7F)c(-c7ccncc7)n6)nc5)CC4)CC3)cc2)C(=O)N1. The average molecular weight is 867 g/mol. The van der Waals surface area contributed by atoms with Gasteiger partial charge in [0.25, 0.3) is 0 Å². The van der Waals surface area contributed by atoms with Crippen molar-refractivity contribution in [3.8, 4) is 28.2 Å². The van der Waals surface area contributed by atoms with E-state index in [2.05, 4.69) is 41.9 Å². The molecule has 0 saturated carbocycles. The Bertz CT molecular complexity index is 2490. The van der Waals surface area contributed by atoms with Gasteiger partial charge < -0.3 is 9.80 Å². The molecule has 7 heterocycles. The van der Waals surface area contributed by atoms with E-state index >= 15 is 4.39 Å². The summed E-state index contributed by atoms with van der Waals surface area (Å²) >= 11 is 6.50. The van der Waals surface area contributed by atoms with Crippen LogP contribution in [0.25, 0.3) is 28.2 Å². The minimum atomic E-state index is -3.97. The lowest BCUT2D eigenvalue weighted by Gasteiger charge is -2.40. The molecular formula is C44H48ClFN10O4S. The van der Waals surface area contributed by atoms with Crippen molar-refractivity contribution in [1.82, 2.24) is 34.3 Å². The fraction of sp³-hybridized carbons (Fsp3) is 0.386. The maximum absolute atomic E-state index is 16.3. The van der Waals surface area contributed by atoms with Crippen LogP contribution in [-0.4, -0.2) is 108 Å². The van der Waals surface area contributed by atoms with Crippen LogP contribution in [0, 0.1) is 11.7 Å². The van der Waals surface area contributed by atoms with Crippen LogP contribution in [0.1, 0.15) is 50.0 Å². The number of rotatable bonds is 11. The third-order valence-electron chi connectivity index (χ3n) is 12.4. The summed E-state index contributed by atoms with van der Waals surface area (Å²) in [6.45, 7) is 7.52. The molecule has 4 aliphatic heterocycles. The number of hydrogen-bond donors (Lipinski definition) is 2. The number of imide groups is 1. The van der Waals surface area contributed by atoms with E-state index in [-0.39, 0.29) is 34.0 Å². The second kappa shape index (κ2) is 17.5. The number of aromatic nitrogens is 4. The Morgan fingerprint density at radius 2 is 1.52 bits per heavy atom. The highest BCUT2D eigenvalue weighted by Gasteiger charge is 2.30. The lowest BCUT2D eigenvalue weighted by molar-refractivity contribution is -0.134. The van der Waals surface area contributed by atoms with Crippen molar-refractivity contribution < 1.29 is 22.4 Å². The maximum atomic E-state index is 16.3. The third-order valence-corrected chi connectivity index (χ3v) is 14.1. The summed E-state index contributed by atoms with van der Waals surface area (Å²) in [5, 5.41) is 7.47. The molecule has 318 valence electrons. The zero-order chi connectivity index (χ0) is 42.1. The van der Waals surface area contributed by atoms with E-state index in [1.54, 1.807) is 35.4 Å². The number of piperazine rings is 1. The molecule has 4 fully saturated rings. The number of nitrogens with zero attached hydrogens (tertiary/aromatic N) is 8. The second-order valence-electron chi connectivity index (χ2n) is 16.3. The van der Waals surface area contributed by atoms with Crippen molar-refractivity contribution in [2.45, 2.75) is 44.4 Å². The molecule has 2 aromatic carbocycles. The molecule has 2 N–H and O–H groups in total. The lowest BCUT2D eigenvalue weighted by Crippen LogP contribution is -2.49. The first-order valence-corrected chi connectivity index (χ1v) is 22.8. The predicted octanol–water partition coefficient (Wildman–Crippen LogP) is 6.10. The topological polar surface area (TPSA) is 149 Å². The van der Waals surface area contributed by atoms with Gasteiger partial charge in [0.15, 0.2) is 11.6 Å². The number of halogens is 2. The molecule has 14 nitrogen and oxygen atoms in total. The molecule has 3 aromatic heterocycles. The van der Waals surface area contributed by atoms with E-state index in [1.807, 2.05) is 30.5 Å². The maximum Gasteiger partial charge on any atom is 0.301 e. The van der Waals surface area contributed by atoms with Crippen molar-refractivity contribution in [2.24, 2.45) is 5.92 Å². The summed E-state index contributed by atoms with van der Waals surface area (Å²) in [6.07, 6.45) is 11.5. The van der Waals surface area contributed by atoms with Crippen molar-refractivity contribution in [3.63, 3.8) is 0 Å². The second-order valence-corrected chi connectivity index (χ2v) is 18.4. The summed E-state index contributed by atoms with van der Waals surface area (Å²) in [6, 6.07) is 18.5. The third kappa shape index (κ3) is 8.99. The first-order chi connectivity index (χ1) is 29.6. The van der Waals surface area contributed by atoms with Crippen molar-refractivity contribution in [1.29, 1.82) is 0 Å². The normalized spacial score (nSPS) is 19.7. The van der Waals surface area contributed by atoms with Gasteiger partial charge in [-0.25, -0.2) is 14.1 Å². The highest BCUT2D eigenvalue weighted by atomic mass is 35.5. The molecule has 0 unspecified atom stereocenters. The van der Waals surface area contributed by atoms with Crippen molar-refractivity contribution in [3.05, 3.63) is 102 Å². The summed E-state index contributed by atoms with van der Waals surface area (Å²) in [5.74, 6) is -0.243. The van der Waals surface area contributed by atoms with Crippen LogP contribution in [0.15, 0.2) is 85.5 Å². The highest BCUT2D eigenvalue weighted by Crippen LogP contribution is 2.38. The van der Waals surface area contributed by atoms with Gasteiger partial charge in [0.05, 0.1) is 23.5 Å². The van der Waals surface area contributed by atoms with E-state index in [0.717, 1.165) is 82.7 Å². The number of pyridine rings is 2. The Balaban J connectivity index is 0.824.